The van der Waals surface area contributed by atoms with E-state index in [9.17, 15) is 9.59 Å². The van der Waals surface area contributed by atoms with Gasteiger partial charge in [-0.2, -0.15) is 5.10 Å². The van der Waals surface area contributed by atoms with Gasteiger partial charge >= 0.3 is 0 Å². The third kappa shape index (κ3) is 5.44. The summed E-state index contributed by atoms with van der Waals surface area (Å²) in [7, 11) is 0. The number of rotatable bonds is 8. The van der Waals surface area contributed by atoms with Crippen molar-refractivity contribution in [3.8, 4) is 0 Å². The first-order valence-corrected chi connectivity index (χ1v) is 9.10. The molecule has 1 fully saturated rings. The molecule has 1 aromatic heterocycles. The van der Waals surface area contributed by atoms with E-state index in [-0.39, 0.29) is 18.4 Å². The maximum absolute atomic E-state index is 12.0. The van der Waals surface area contributed by atoms with Gasteiger partial charge in [0.2, 0.25) is 5.91 Å². The van der Waals surface area contributed by atoms with Gasteiger partial charge in [0.1, 0.15) is 5.76 Å². The molecular weight excluding hydrogens is 344 g/mol. The number of furan rings is 1. The number of hydrogen-bond donors (Lipinski definition) is 2. The zero-order valence-corrected chi connectivity index (χ0v) is 15.4. The second kappa shape index (κ2) is 9.02. The van der Waals surface area contributed by atoms with E-state index in [0.29, 0.717) is 12.8 Å². The number of hydrazone groups is 1. The highest BCUT2D eigenvalue weighted by atomic mass is 16.3. The molecule has 2 aromatic rings. The van der Waals surface area contributed by atoms with Gasteiger partial charge in [-0.3, -0.25) is 9.59 Å². The fourth-order valence-electron chi connectivity index (χ4n) is 2.90. The number of hydrogen-bond acceptors (Lipinski definition) is 5. The Morgan fingerprint density at radius 2 is 2.19 bits per heavy atom. The number of anilines is 2. The van der Waals surface area contributed by atoms with Crippen LogP contribution in [0.4, 0.5) is 11.4 Å². The highest BCUT2D eigenvalue weighted by Gasteiger charge is 2.21. The molecule has 2 N–H and O–H groups in total. The molecular formula is C20H24N4O3. The lowest BCUT2D eigenvalue weighted by Crippen LogP contribution is -2.27. The van der Waals surface area contributed by atoms with Crippen molar-refractivity contribution in [2.75, 3.05) is 23.3 Å². The van der Waals surface area contributed by atoms with Crippen molar-refractivity contribution < 1.29 is 14.0 Å². The standard InChI is InChI=1S/C20H24N4O3/c1-15(9-10-18-7-4-12-27-18)22-23-19(25)14-21-16-5-2-6-17(13-16)24-11-3-8-20(24)26/h2,4-7,12-13,21H,3,8-11,14H2,1H3,(H,23,25)/b22-15-. The van der Waals surface area contributed by atoms with Gasteiger partial charge < -0.3 is 14.6 Å². The Labute approximate surface area is 158 Å². The molecule has 27 heavy (non-hydrogen) atoms. The van der Waals surface area contributed by atoms with Crippen molar-refractivity contribution in [1.82, 2.24) is 5.43 Å². The predicted octanol–water partition coefficient (Wildman–Crippen LogP) is 2.94. The fourth-order valence-corrected chi connectivity index (χ4v) is 2.90. The molecule has 1 aliphatic heterocycles. The molecule has 0 radical (unpaired) electrons. The number of benzene rings is 1. The van der Waals surface area contributed by atoms with E-state index in [1.807, 2.05) is 43.3 Å². The van der Waals surface area contributed by atoms with Gasteiger partial charge in [0, 0.05) is 36.5 Å². The molecule has 0 bridgehead atoms. The van der Waals surface area contributed by atoms with E-state index >= 15 is 0 Å². The van der Waals surface area contributed by atoms with Gasteiger partial charge in [-0.25, -0.2) is 5.43 Å². The van der Waals surface area contributed by atoms with Crippen molar-refractivity contribution in [2.45, 2.75) is 32.6 Å². The minimum Gasteiger partial charge on any atom is -0.469 e. The Bertz CT molecular complexity index is 814. The van der Waals surface area contributed by atoms with Crippen LogP contribution in [0.3, 0.4) is 0 Å². The highest BCUT2D eigenvalue weighted by molar-refractivity contribution is 5.95. The smallest absolute Gasteiger partial charge is 0.259 e. The van der Waals surface area contributed by atoms with E-state index in [1.165, 1.54) is 0 Å². The molecule has 142 valence electrons. The van der Waals surface area contributed by atoms with E-state index in [2.05, 4.69) is 15.8 Å². The monoisotopic (exact) mass is 368 g/mol. The van der Waals surface area contributed by atoms with E-state index in [4.69, 9.17) is 4.42 Å². The summed E-state index contributed by atoms with van der Waals surface area (Å²) in [6, 6.07) is 11.3. The van der Waals surface area contributed by atoms with Crippen LogP contribution in [0, 0.1) is 0 Å². The molecule has 2 amide bonds. The second-order valence-corrected chi connectivity index (χ2v) is 6.51. The van der Waals surface area contributed by atoms with Crippen molar-refractivity contribution in [1.29, 1.82) is 0 Å². The van der Waals surface area contributed by atoms with Crippen LogP contribution >= 0.6 is 0 Å². The normalized spacial score (nSPS) is 14.5. The lowest BCUT2D eigenvalue weighted by atomic mass is 10.2. The van der Waals surface area contributed by atoms with Crippen LogP contribution in [0.15, 0.2) is 52.2 Å². The zero-order valence-electron chi connectivity index (χ0n) is 15.4. The minimum absolute atomic E-state index is 0.104. The topological polar surface area (TPSA) is 86.9 Å². The number of nitrogens with zero attached hydrogens (tertiary/aromatic N) is 2. The van der Waals surface area contributed by atoms with Crippen LogP contribution in [0.1, 0.15) is 31.9 Å². The van der Waals surface area contributed by atoms with E-state index in [1.54, 1.807) is 11.2 Å². The SMILES string of the molecule is C/C(CCc1ccco1)=N/NC(=O)CNc1cccc(N2CCCC2=O)c1. The Balaban J connectivity index is 1.44. The summed E-state index contributed by atoms with van der Waals surface area (Å²) >= 11 is 0. The zero-order chi connectivity index (χ0) is 19.1. The summed E-state index contributed by atoms with van der Waals surface area (Å²) in [5, 5.41) is 7.18. The number of amides is 2. The van der Waals surface area contributed by atoms with Gasteiger partial charge in [0.25, 0.3) is 5.91 Å². The molecule has 0 aliphatic carbocycles. The van der Waals surface area contributed by atoms with Crippen LogP contribution in [-0.2, 0) is 16.0 Å². The van der Waals surface area contributed by atoms with Gasteiger partial charge in [0.05, 0.1) is 12.8 Å². The van der Waals surface area contributed by atoms with Crippen LogP contribution in [-0.4, -0.2) is 30.6 Å². The molecule has 2 heterocycles. The molecule has 7 heteroatoms. The quantitative estimate of drug-likeness (QED) is 0.554. The summed E-state index contributed by atoms with van der Waals surface area (Å²) in [4.78, 5) is 25.6. The second-order valence-electron chi connectivity index (χ2n) is 6.51. The van der Waals surface area contributed by atoms with Gasteiger partial charge in [-0.05, 0) is 50.1 Å². The van der Waals surface area contributed by atoms with Gasteiger partial charge in [-0.15, -0.1) is 0 Å². The van der Waals surface area contributed by atoms with Crippen molar-refractivity contribution in [3.63, 3.8) is 0 Å². The summed E-state index contributed by atoms with van der Waals surface area (Å²) in [6.07, 6.45) is 4.59. The Morgan fingerprint density at radius 3 is 2.93 bits per heavy atom. The highest BCUT2D eigenvalue weighted by Crippen LogP contribution is 2.24. The maximum Gasteiger partial charge on any atom is 0.259 e. The summed E-state index contributed by atoms with van der Waals surface area (Å²) in [6.45, 7) is 2.72. The maximum atomic E-state index is 12.0. The molecule has 7 nitrogen and oxygen atoms in total. The fraction of sp³-hybridized carbons (Fsp3) is 0.350. The Kier molecular flexibility index (Phi) is 6.25. The molecule has 0 atom stereocenters. The lowest BCUT2D eigenvalue weighted by molar-refractivity contribution is -0.119. The van der Waals surface area contributed by atoms with Crippen molar-refractivity contribution in [3.05, 3.63) is 48.4 Å². The Hall–Kier alpha value is -3.09. The molecule has 0 spiro atoms. The first-order chi connectivity index (χ1) is 13.1. The van der Waals surface area contributed by atoms with E-state index in [0.717, 1.165) is 42.2 Å². The number of nitrogens with one attached hydrogen (secondary N) is 2. The van der Waals surface area contributed by atoms with Crippen LogP contribution in [0.25, 0.3) is 0 Å². The molecule has 1 aliphatic rings. The van der Waals surface area contributed by atoms with E-state index < -0.39 is 0 Å². The van der Waals surface area contributed by atoms with Crippen LogP contribution < -0.4 is 15.6 Å². The summed E-state index contributed by atoms with van der Waals surface area (Å²) in [5.41, 5.74) is 5.03. The first-order valence-electron chi connectivity index (χ1n) is 9.10. The number of carbonyl (C=O) groups is 2. The third-order valence-electron chi connectivity index (χ3n) is 4.37. The van der Waals surface area contributed by atoms with Crippen molar-refractivity contribution in [2.24, 2.45) is 5.10 Å². The van der Waals surface area contributed by atoms with Gasteiger partial charge in [0.15, 0.2) is 0 Å². The average Bonchev–Trinajstić information content (AvgIpc) is 3.34. The largest absolute Gasteiger partial charge is 0.469 e. The molecule has 3 rings (SSSR count). The predicted molar refractivity (Wildman–Crippen MR) is 105 cm³/mol. The first kappa shape index (κ1) is 18.7. The molecule has 0 saturated carbocycles. The number of carbonyl (C=O) groups excluding carboxylic acids is 2. The lowest BCUT2D eigenvalue weighted by Gasteiger charge is -2.17. The van der Waals surface area contributed by atoms with Gasteiger partial charge in [-0.1, -0.05) is 6.07 Å². The van der Waals surface area contributed by atoms with Crippen molar-refractivity contribution >= 4 is 28.9 Å². The Morgan fingerprint density at radius 1 is 1.30 bits per heavy atom. The minimum atomic E-state index is -0.227. The summed E-state index contributed by atoms with van der Waals surface area (Å²) < 4.78 is 5.27. The summed E-state index contributed by atoms with van der Waals surface area (Å²) in [5.74, 6) is 0.813. The van der Waals surface area contributed by atoms with Crippen LogP contribution in [0.2, 0.25) is 0 Å². The number of aryl methyl sites for hydroxylation is 1. The van der Waals surface area contributed by atoms with Crippen LogP contribution in [0.5, 0.6) is 0 Å². The molecule has 1 aromatic carbocycles. The third-order valence-corrected chi connectivity index (χ3v) is 4.37. The molecule has 1 saturated heterocycles. The molecule has 0 unspecified atom stereocenters. The average molecular weight is 368 g/mol.